The zero-order valence-electron chi connectivity index (χ0n) is 12.4. The van der Waals surface area contributed by atoms with Crippen LogP contribution in [0.1, 0.15) is 32.6 Å². The van der Waals surface area contributed by atoms with Gasteiger partial charge in [-0.15, -0.1) is 0 Å². The molecule has 2 rings (SSSR count). The Kier molecular flexibility index (Phi) is 4.52. The van der Waals surface area contributed by atoms with Gasteiger partial charge in [0.05, 0.1) is 0 Å². The number of urea groups is 1. The van der Waals surface area contributed by atoms with Crippen molar-refractivity contribution >= 4 is 12.0 Å². The van der Waals surface area contributed by atoms with Crippen LogP contribution in [0.5, 0.6) is 0 Å². The van der Waals surface area contributed by atoms with Gasteiger partial charge >= 0.3 is 12.0 Å². The minimum atomic E-state index is -1.07. The highest BCUT2D eigenvalue weighted by Gasteiger charge is 2.44. The summed E-state index contributed by atoms with van der Waals surface area (Å²) in [4.78, 5) is 27.9. The van der Waals surface area contributed by atoms with Crippen LogP contribution < -0.4 is 5.32 Å². The molecule has 6 heteroatoms. The molecule has 2 amide bonds. The van der Waals surface area contributed by atoms with Crippen LogP contribution >= 0.6 is 0 Å². The number of likely N-dealkylation sites (N-methyl/N-ethyl adjacent to an activating group) is 1. The number of hydrogen-bond donors (Lipinski definition) is 2. The smallest absolute Gasteiger partial charge is 0.329 e. The van der Waals surface area contributed by atoms with E-state index in [9.17, 15) is 14.7 Å². The molecule has 0 aromatic rings. The maximum atomic E-state index is 12.3. The number of nitrogens with one attached hydrogen (secondary N) is 1. The van der Waals surface area contributed by atoms with Crippen molar-refractivity contribution < 1.29 is 14.7 Å². The quantitative estimate of drug-likeness (QED) is 0.792. The first-order valence-corrected chi connectivity index (χ1v) is 7.42. The van der Waals surface area contributed by atoms with Gasteiger partial charge in [-0.1, -0.05) is 19.8 Å². The van der Waals surface area contributed by atoms with E-state index in [4.69, 9.17) is 0 Å². The summed E-state index contributed by atoms with van der Waals surface area (Å²) in [6.45, 7) is 5.05. The molecule has 0 aromatic carbocycles. The molecule has 0 bridgehead atoms. The van der Waals surface area contributed by atoms with Gasteiger partial charge < -0.3 is 20.2 Å². The van der Waals surface area contributed by atoms with Crippen molar-refractivity contribution in [3.8, 4) is 0 Å². The maximum Gasteiger partial charge on any atom is 0.329 e. The molecule has 1 heterocycles. The summed E-state index contributed by atoms with van der Waals surface area (Å²) in [6, 6.07) is -0.227. The van der Waals surface area contributed by atoms with Gasteiger partial charge in [0.2, 0.25) is 0 Å². The van der Waals surface area contributed by atoms with Crippen molar-refractivity contribution in [1.29, 1.82) is 0 Å². The van der Waals surface area contributed by atoms with Gasteiger partial charge in [-0.05, 0) is 25.8 Å². The summed E-state index contributed by atoms with van der Waals surface area (Å²) in [7, 11) is 2.02. The lowest BCUT2D eigenvalue weighted by molar-refractivity contribution is -0.146. The number of carbonyl (C=O) groups is 2. The zero-order valence-corrected chi connectivity index (χ0v) is 12.4. The van der Waals surface area contributed by atoms with E-state index in [1.54, 1.807) is 4.90 Å². The minimum Gasteiger partial charge on any atom is -0.480 e. The summed E-state index contributed by atoms with van der Waals surface area (Å²) >= 11 is 0. The molecule has 0 aromatic heterocycles. The van der Waals surface area contributed by atoms with E-state index in [0.717, 1.165) is 25.9 Å². The molecule has 2 atom stereocenters. The third kappa shape index (κ3) is 3.23. The van der Waals surface area contributed by atoms with Crippen molar-refractivity contribution in [2.24, 2.45) is 5.92 Å². The second kappa shape index (κ2) is 5.99. The lowest BCUT2D eigenvalue weighted by Crippen LogP contribution is -2.61. The number of rotatable bonds is 2. The van der Waals surface area contributed by atoms with Crippen LogP contribution in [0.2, 0.25) is 0 Å². The summed E-state index contributed by atoms with van der Waals surface area (Å²) in [5.74, 6) is -0.556. The van der Waals surface area contributed by atoms with Crippen LogP contribution in [-0.2, 0) is 4.79 Å². The normalized spacial score (nSPS) is 31.9. The largest absolute Gasteiger partial charge is 0.480 e. The monoisotopic (exact) mass is 283 g/mol. The second-order valence-corrected chi connectivity index (χ2v) is 6.31. The number of carbonyl (C=O) groups excluding carboxylic acids is 1. The summed E-state index contributed by atoms with van der Waals surface area (Å²) in [5.41, 5.74) is -1.07. The predicted octanol–water partition coefficient (Wildman–Crippen LogP) is 0.977. The van der Waals surface area contributed by atoms with Crippen molar-refractivity contribution in [2.45, 2.75) is 38.1 Å². The minimum absolute atomic E-state index is 0.227. The molecule has 0 spiro atoms. The number of nitrogens with zero attached hydrogens (tertiary/aromatic N) is 2. The first-order chi connectivity index (χ1) is 9.43. The molecular weight excluding hydrogens is 258 g/mol. The fraction of sp³-hybridized carbons (Fsp3) is 0.857. The van der Waals surface area contributed by atoms with E-state index < -0.39 is 11.5 Å². The van der Waals surface area contributed by atoms with Gasteiger partial charge in [0.15, 0.2) is 0 Å². The Labute approximate surface area is 120 Å². The predicted molar refractivity (Wildman–Crippen MR) is 75.6 cm³/mol. The van der Waals surface area contributed by atoms with Crippen molar-refractivity contribution in [2.75, 3.05) is 33.2 Å². The molecule has 1 aliphatic heterocycles. The summed E-state index contributed by atoms with van der Waals surface area (Å²) in [6.07, 6.45) is 2.96. The molecule has 1 saturated carbocycles. The number of carboxylic acid groups (broad SMARTS) is 1. The molecule has 20 heavy (non-hydrogen) atoms. The molecule has 2 aliphatic rings. The second-order valence-electron chi connectivity index (χ2n) is 6.31. The van der Waals surface area contributed by atoms with Gasteiger partial charge in [0.25, 0.3) is 0 Å². The van der Waals surface area contributed by atoms with E-state index in [-0.39, 0.29) is 6.03 Å². The lowest BCUT2D eigenvalue weighted by atomic mass is 9.76. The molecule has 114 valence electrons. The molecule has 6 nitrogen and oxygen atoms in total. The van der Waals surface area contributed by atoms with Gasteiger partial charge in [0.1, 0.15) is 5.54 Å². The van der Waals surface area contributed by atoms with Crippen LogP contribution in [-0.4, -0.2) is 65.7 Å². The van der Waals surface area contributed by atoms with Crippen molar-refractivity contribution in [3.63, 3.8) is 0 Å². The topological polar surface area (TPSA) is 72.9 Å². The summed E-state index contributed by atoms with van der Waals surface area (Å²) < 4.78 is 0. The Hall–Kier alpha value is -1.30. The Morgan fingerprint density at radius 1 is 1.25 bits per heavy atom. The maximum absolute atomic E-state index is 12.3. The van der Waals surface area contributed by atoms with Crippen LogP contribution in [0.25, 0.3) is 0 Å². The Morgan fingerprint density at radius 2 is 1.90 bits per heavy atom. The van der Waals surface area contributed by atoms with Crippen LogP contribution in [0.4, 0.5) is 4.79 Å². The molecule has 0 radical (unpaired) electrons. The van der Waals surface area contributed by atoms with Crippen molar-refractivity contribution in [1.82, 2.24) is 15.1 Å². The zero-order chi connectivity index (χ0) is 14.8. The van der Waals surface area contributed by atoms with Crippen LogP contribution in [0.3, 0.4) is 0 Å². The number of hydrogen-bond acceptors (Lipinski definition) is 3. The number of aliphatic carboxylic acids is 1. The first kappa shape index (κ1) is 15.1. The van der Waals surface area contributed by atoms with Crippen LogP contribution in [0, 0.1) is 5.92 Å². The molecule has 2 N–H and O–H groups in total. The van der Waals surface area contributed by atoms with Gasteiger partial charge in [-0.2, -0.15) is 0 Å². The van der Waals surface area contributed by atoms with E-state index in [1.165, 1.54) is 0 Å². The first-order valence-electron chi connectivity index (χ1n) is 7.42. The highest BCUT2D eigenvalue weighted by molar-refractivity contribution is 5.86. The highest BCUT2D eigenvalue weighted by Crippen LogP contribution is 2.32. The van der Waals surface area contributed by atoms with Gasteiger partial charge in [-0.3, -0.25) is 0 Å². The van der Waals surface area contributed by atoms with Crippen LogP contribution in [0.15, 0.2) is 0 Å². The molecule has 2 unspecified atom stereocenters. The fourth-order valence-corrected chi connectivity index (χ4v) is 3.21. The summed E-state index contributed by atoms with van der Waals surface area (Å²) in [5, 5.41) is 12.4. The molecule has 1 aliphatic carbocycles. The average Bonchev–Trinajstić information content (AvgIpc) is 2.39. The fourth-order valence-electron chi connectivity index (χ4n) is 3.21. The Bertz CT molecular complexity index is 380. The number of amides is 2. The lowest BCUT2D eigenvalue weighted by Gasteiger charge is -2.40. The average molecular weight is 283 g/mol. The molecule has 2 fully saturated rings. The Balaban J connectivity index is 2.01. The van der Waals surface area contributed by atoms with E-state index >= 15 is 0 Å². The van der Waals surface area contributed by atoms with E-state index in [1.807, 2.05) is 7.05 Å². The van der Waals surface area contributed by atoms with Gasteiger partial charge in [-0.25, -0.2) is 9.59 Å². The third-order valence-electron chi connectivity index (χ3n) is 4.54. The highest BCUT2D eigenvalue weighted by atomic mass is 16.4. The van der Waals surface area contributed by atoms with E-state index in [0.29, 0.717) is 31.8 Å². The SMILES string of the molecule is CC1CCCC(NC(=O)N2CCN(C)CC2)(C(=O)O)C1. The molecule has 1 saturated heterocycles. The van der Waals surface area contributed by atoms with Crippen molar-refractivity contribution in [3.05, 3.63) is 0 Å². The number of carboxylic acids is 1. The third-order valence-corrected chi connectivity index (χ3v) is 4.54. The molecular formula is C14H25N3O3. The Morgan fingerprint density at radius 3 is 2.45 bits per heavy atom. The number of piperazine rings is 1. The van der Waals surface area contributed by atoms with Gasteiger partial charge in [0, 0.05) is 26.2 Å². The standard InChI is InChI=1S/C14H25N3O3/c1-11-4-3-5-14(10-11,12(18)19)15-13(20)17-8-6-16(2)7-9-17/h11H,3-10H2,1-2H3,(H,15,20)(H,18,19). The van der Waals surface area contributed by atoms with E-state index in [2.05, 4.69) is 17.1 Å².